The summed E-state index contributed by atoms with van der Waals surface area (Å²) in [6.07, 6.45) is 3.75. The highest BCUT2D eigenvalue weighted by Gasteiger charge is 2.43. The molecule has 1 N–H and O–H groups in total. The fourth-order valence-corrected chi connectivity index (χ4v) is 5.59. The number of carbonyl (C=O) groups excluding carboxylic acids is 2. The monoisotopic (exact) mass is 516 g/mol. The molecular formula is C24H25ClN4O5S. The van der Waals surface area contributed by atoms with Gasteiger partial charge in [-0.2, -0.15) is 0 Å². The molecule has 184 valence electrons. The highest BCUT2D eigenvalue weighted by atomic mass is 35.5. The van der Waals surface area contributed by atoms with Crippen molar-refractivity contribution in [2.45, 2.75) is 50.3 Å². The summed E-state index contributed by atoms with van der Waals surface area (Å²) in [6.45, 7) is 2.38. The number of halogens is 1. The van der Waals surface area contributed by atoms with Crippen LogP contribution in [0.4, 0.5) is 17.1 Å². The van der Waals surface area contributed by atoms with Gasteiger partial charge in [-0.15, -0.1) is 0 Å². The van der Waals surface area contributed by atoms with E-state index >= 15 is 0 Å². The molecule has 35 heavy (non-hydrogen) atoms. The first-order valence-corrected chi connectivity index (χ1v) is 12.7. The van der Waals surface area contributed by atoms with Gasteiger partial charge < -0.3 is 10.1 Å². The summed E-state index contributed by atoms with van der Waals surface area (Å²) in [6, 6.07) is 11.3. The van der Waals surface area contributed by atoms with Crippen molar-refractivity contribution >= 4 is 57.4 Å². The molecule has 1 aliphatic heterocycles. The maximum absolute atomic E-state index is 13.4. The van der Waals surface area contributed by atoms with Gasteiger partial charge in [-0.1, -0.05) is 48.3 Å². The summed E-state index contributed by atoms with van der Waals surface area (Å²) in [7, 11) is 0. The number of rotatable bonds is 8. The molecule has 0 bridgehead atoms. The lowest BCUT2D eigenvalue weighted by molar-refractivity contribution is -0.384. The van der Waals surface area contributed by atoms with Crippen molar-refractivity contribution in [1.29, 1.82) is 0 Å². The standard InChI is InChI=1S/C24H25ClN4O5S/c1-2-34-20-10-6-5-9-18(20)27-24-28(15-7-3-4-8-15)23(31)21(35-24)14-22(30)26-19-13-16(29(32)33)11-12-17(19)25/h5-6,9-13,15,21H,2-4,7-8,14H2,1H3,(H,26,30)/t21-/m0/s1. The van der Waals surface area contributed by atoms with Gasteiger partial charge in [-0.05, 0) is 38.0 Å². The van der Waals surface area contributed by atoms with Crippen LogP contribution < -0.4 is 10.1 Å². The topological polar surface area (TPSA) is 114 Å². The van der Waals surface area contributed by atoms with Crippen LogP contribution in [0, 0.1) is 10.1 Å². The third kappa shape index (κ3) is 5.76. The lowest BCUT2D eigenvalue weighted by Gasteiger charge is -2.23. The molecule has 2 amide bonds. The molecule has 0 unspecified atom stereocenters. The number of benzene rings is 2. The number of nitro groups is 1. The largest absolute Gasteiger partial charge is 0.492 e. The van der Waals surface area contributed by atoms with Crippen LogP contribution in [0.25, 0.3) is 0 Å². The molecule has 2 aliphatic rings. The minimum Gasteiger partial charge on any atom is -0.492 e. The summed E-state index contributed by atoms with van der Waals surface area (Å²) >= 11 is 7.36. The molecule has 1 heterocycles. The van der Waals surface area contributed by atoms with E-state index in [1.807, 2.05) is 31.2 Å². The van der Waals surface area contributed by atoms with Crippen LogP contribution in [0.15, 0.2) is 47.5 Å². The van der Waals surface area contributed by atoms with Crippen LogP contribution in [0.1, 0.15) is 39.0 Å². The second-order valence-corrected chi connectivity index (χ2v) is 9.80. The number of para-hydroxylation sites is 2. The predicted octanol–water partition coefficient (Wildman–Crippen LogP) is 5.55. The molecule has 2 aromatic carbocycles. The van der Waals surface area contributed by atoms with Gasteiger partial charge in [-0.25, -0.2) is 4.99 Å². The van der Waals surface area contributed by atoms with E-state index in [1.54, 1.807) is 4.90 Å². The Morgan fingerprint density at radius 1 is 1.29 bits per heavy atom. The third-order valence-corrected chi connectivity index (χ3v) is 7.32. The van der Waals surface area contributed by atoms with Gasteiger partial charge >= 0.3 is 0 Å². The van der Waals surface area contributed by atoms with E-state index in [2.05, 4.69) is 5.32 Å². The number of hydrogen-bond donors (Lipinski definition) is 1. The maximum Gasteiger partial charge on any atom is 0.271 e. The van der Waals surface area contributed by atoms with Crippen LogP contribution in [-0.2, 0) is 9.59 Å². The Labute approximate surface area is 212 Å². The highest BCUT2D eigenvalue weighted by Crippen LogP contribution is 2.39. The van der Waals surface area contributed by atoms with Gasteiger partial charge in [0.15, 0.2) is 5.17 Å². The van der Waals surface area contributed by atoms with Crippen LogP contribution in [0.2, 0.25) is 5.02 Å². The molecule has 9 nitrogen and oxygen atoms in total. The van der Waals surface area contributed by atoms with Crippen LogP contribution in [-0.4, -0.2) is 44.7 Å². The van der Waals surface area contributed by atoms with E-state index < -0.39 is 16.1 Å². The number of amides is 2. The Balaban J connectivity index is 1.55. The zero-order valence-corrected chi connectivity index (χ0v) is 20.7. The van der Waals surface area contributed by atoms with Crippen molar-refractivity contribution in [1.82, 2.24) is 4.90 Å². The lowest BCUT2D eigenvalue weighted by Crippen LogP contribution is -2.40. The molecular weight excluding hydrogens is 492 g/mol. The van der Waals surface area contributed by atoms with E-state index in [0.29, 0.717) is 23.2 Å². The fraction of sp³-hybridized carbons (Fsp3) is 0.375. The molecule has 2 aromatic rings. The Hall–Kier alpha value is -3.11. The number of nitro benzene ring substituents is 1. The molecule has 2 fully saturated rings. The van der Waals surface area contributed by atoms with Crippen molar-refractivity contribution in [3.05, 3.63) is 57.6 Å². The second-order valence-electron chi connectivity index (χ2n) is 8.22. The number of ether oxygens (including phenoxy) is 1. The molecule has 0 spiro atoms. The first kappa shape index (κ1) is 25.0. The Bertz CT molecular complexity index is 1170. The van der Waals surface area contributed by atoms with E-state index in [-0.39, 0.29) is 34.8 Å². The first-order chi connectivity index (χ1) is 16.9. The Morgan fingerprint density at radius 3 is 2.74 bits per heavy atom. The number of nitrogens with zero attached hydrogens (tertiary/aromatic N) is 3. The molecule has 1 atom stereocenters. The van der Waals surface area contributed by atoms with Crippen molar-refractivity contribution in [2.24, 2.45) is 4.99 Å². The number of nitrogens with one attached hydrogen (secondary N) is 1. The average molecular weight is 517 g/mol. The average Bonchev–Trinajstić information content (AvgIpc) is 3.45. The van der Waals surface area contributed by atoms with Gasteiger partial charge in [-0.3, -0.25) is 24.6 Å². The minimum absolute atomic E-state index is 0.0484. The summed E-state index contributed by atoms with van der Waals surface area (Å²) in [5.41, 5.74) is 0.570. The maximum atomic E-state index is 13.4. The number of thioether (sulfide) groups is 1. The summed E-state index contributed by atoms with van der Waals surface area (Å²) in [5.74, 6) is 0.0128. The highest BCUT2D eigenvalue weighted by molar-refractivity contribution is 8.15. The van der Waals surface area contributed by atoms with E-state index in [4.69, 9.17) is 21.3 Å². The van der Waals surface area contributed by atoms with E-state index in [0.717, 1.165) is 25.7 Å². The molecule has 1 aliphatic carbocycles. The molecule has 11 heteroatoms. The predicted molar refractivity (Wildman–Crippen MR) is 137 cm³/mol. The SMILES string of the molecule is CCOc1ccccc1N=C1S[C@@H](CC(=O)Nc2cc([N+](=O)[O-])ccc2Cl)C(=O)N1C1CCCC1. The van der Waals surface area contributed by atoms with Crippen molar-refractivity contribution in [3.63, 3.8) is 0 Å². The first-order valence-electron chi connectivity index (χ1n) is 11.4. The number of hydrogen-bond acceptors (Lipinski definition) is 7. The van der Waals surface area contributed by atoms with Crippen LogP contribution >= 0.6 is 23.4 Å². The molecule has 0 aromatic heterocycles. The number of carbonyl (C=O) groups is 2. The van der Waals surface area contributed by atoms with Gasteiger partial charge in [0.2, 0.25) is 11.8 Å². The lowest BCUT2D eigenvalue weighted by atomic mass is 10.2. The summed E-state index contributed by atoms with van der Waals surface area (Å²) in [5, 5.41) is 13.7. The Kier molecular flexibility index (Phi) is 7.92. The molecule has 1 saturated carbocycles. The van der Waals surface area contributed by atoms with Gasteiger partial charge in [0.05, 0.1) is 22.2 Å². The normalized spacial score (nSPS) is 19.4. The Morgan fingerprint density at radius 2 is 2.03 bits per heavy atom. The number of amidine groups is 1. The van der Waals surface area contributed by atoms with Crippen LogP contribution in [0.3, 0.4) is 0 Å². The molecule has 1 saturated heterocycles. The van der Waals surface area contributed by atoms with Crippen LogP contribution in [0.5, 0.6) is 5.75 Å². The molecule has 4 rings (SSSR count). The zero-order chi connectivity index (χ0) is 24.9. The van der Waals surface area contributed by atoms with E-state index in [9.17, 15) is 19.7 Å². The van der Waals surface area contributed by atoms with Crippen molar-refractivity contribution in [2.75, 3.05) is 11.9 Å². The van der Waals surface area contributed by atoms with Crippen molar-refractivity contribution in [3.8, 4) is 5.75 Å². The van der Waals surface area contributed by atoms with Crippen molar-refractivity contribution < 1.29 is 19.2 Å². The minimum atomic E-state index is -0.661. The number of non-ortho nitro benzene ring substituents is 1. The molecule has 0 radical (unpaired) electrons. The quantitative estimate of drug-likeness (QED) is 0.363. The third-order valence-electron chi connectivity index (χ3n) is 5.84. The van der Waals surface area contributed by atoms with Gasteiger partial charge in [0.25, 0.3) is 5.69 Å². The fourth-order valence-electron chi connectivity index (χ4n) is 4.21. The zero-order valence-electron chi connectivity index (χ0n) is 19.1. The second kappa shape index (κ2) is 11.1. The smallest absolute Gasteiger partial charge is 0.271 e. The summed E-state index contributed by atoms with van der Waals surface area (Å²) in [4.78, 5) is 43.2. The van der Waals surface area contributed by atoms with Gasteiger partial charge in [0, 0.05) is 24.6 Å². The number of anilines is 1. The van der Waals surface area contributed by atoms with Gasteiger partial charge in [0.1, 0.15) is 16.7 Å². The number of aliphatic imine (C=N–C) groups is 1. The van der Waals surface area contributed by atoms with E-state index in [1.165, 1.54) is 30.0 Å². The summed E-state index contributed by atoms with van der Waals surface area (Å²) < 4.78 is 5.69.